The molecule has 3 aromatic carbocycles. The molecule has 0 spiro atoms. The van der Waals surface area contributed by atoms with Gasteiger partial charge in [0.05, 0.1) is 18.2 Å². The van der Waals surface area contributed by atoms with Gasteiger partial charge in [-0.25, -0.2) is 4.79 Å². The number of nitrogens with zero attached hydrogens (tertiary/aromatic N) is 2. The standard InChI is InChI=1S/C29H29F6N3O3/c1-40-26-5-3-2-4-21(26)10-11-37-12-14-38(15-13-37)27(39)36-24-6-8-25(9-7-24)41-19-20-16-22(28(30,31)32)18-23(17-20)29(33,34)35/h2-9,16-18H,10-15,19H2,1H3,(H,36,39). The topological polar surface area (TPSA) is 54.0 Å². The van der Waals surface area contributed by atoms with Crippen LogP contribution in [-0.2, 0) is 25.4 Å². The average molecular weight is 582 g/mol. The fourth-order valence-corrected chi connectivity index (χ4v) is 4.47. The largest absolute Gasteiger partial charge is 0.496 e. The molecule has 0 unspecified atom stereocenters. The molecule has 1 N–H and O–H groups in total. The van der Waals surface area contributed by atoms with E-state index in [0.29, 0.717) is 30.9 Å². The first-order chi connectivity index (χ1) is 19.4. The number of benzene rings is 3. The first-order valence-electron chi connectivity index (χ1n) is 12.8. The summed E-state index contributed by atoms with van der Waals surface area (Å²) in [5, 5.41) is 2.79. The summed E-state index contributed by atoms with van der Waals surface area (Å²) in [5.41, 5.74) is -1.48. The van der Waals surface area contributed by atoms with Crippen LogP contribution in [-0.4, -0.2) is 55.7 Å². The first-order valence-corrected chi connectivity index (χ1v) is 12.8. The van der Waals surface area contributed by atoms with Crippen LogP contribution < -0.4 is 14.8 Å². The minimum absolute atomic E-state index is 0.0724. The summed E-state index contributed by atoms with van der Waals surface area (Å²) in [6, 6.07) is 15.0. The number of urea groups is 1. The van der Waals surface area contributed by atoms with Crippen molar-refractivity contribution >= 4 is 11.7 Å². The normalized spacial score (nSPS) is 14.6. The lowest BCUT2D eigenvalue weighted by molar-refractivity contribution is -0.143. The van der Waals surface area contributed by atoms with Gasteiger partial charge in [0.1, 0.15) is 18.1 Å². The Kier molecular flexibility index (Phi) is 9.31. The van der Waals surface area contributed by atoms with Gasteiger partial charge in [0.15, 0.2) is 0 Å². The zero-order valence-corrected chi connectivity index (χ0v) is 22.2. The number of nitrogens with one attached hydrogen (secondary N) is 1. The SMILES string of the molecule is COc1ccccc1CCN1CCN(C(=O)Nc2ccc(OCc3cc(C(F)(F)F)cc(C(F)(F)F)c3)cc2)CC1. The molecule has 6 nitrogen and oxygen atoms in total. The van der Waals surface area contributed by atoms with Crippen molar-refractivity contribution in [2.24, 2.45) is 0 Å². The number of methoxy groups -OCH3 is 1. The van der Waals surface area contributed by atoms with Gasteiger partial charge in [0, 0.05) is 38.4 Å². The van der Waals surface area contributed by atoms with Crippen molar-refractivity contribution in [3.63, 3.8) is 0 Å². The van der Waals surface area contributed by atoms with E-state index in [1.54, 1.807) is 24.1 Å². The molecule has 2 amide bonds. The van der Waals surface area contributed by atoms with Gasteiger partial charge in [-0.15, -0.1) is 0 Å². The number of piperazine rings is 1. The number of carbonyl (C=O) groups is 1. The van der Waals surface area contributed by atoms with Crippen LogP contribution in [0.2, 0.25) is 0 Å². The highest BCUT2D eigenvalue weighted by Gasteiger charge is 2.37. The van der Waals surface area contributed by atoms with Crippen molar-refractivity contribution in [2.45, 2.75) is 25.4 Å². The lowest BCUT2D eigenvalue weighted by Crippen LogP contribution is -2.50. The molecule has 41 heavy (non-hydrogen) atoms. The van der Waals surface area contributed by atoms with Gasteiger partial charge in [0.2, 0.25) is 0 Å². The van der Waals surface area contributed by atoms with Crippen molar-refractivity contribution in [1.82, 2.24) is 9.80 Å². The molecular formula is C29H29F6N3O3. The molecule has 0 saturated carbocycles. The molecule has 1 fully saturated rings. The second kappa shape index (κ2) is 12.7. The molecular weight excluding hydrogens is 552 g/mol. The van der Waals surface area contributed by atoms with Crippen LogP contribution in [0.15, 0.2) is 66.7 Å². The Hall–Kier alpha value is -3.93. The summed E-state index contributed by atoms with van der Waals surface area (Å²) in [5.74, 6) is 1.07. The fraction of sp³-hybridized carbons (Fsp3) is 0.345. The summed E-state index contributed by atoms with van der Waals surface area (Å²) in [6.45, 7) is 2.89. The summed E-state index contributed by atoms with van der Waals surface area (Å²) in [6.07, 6.45) is -9.03. The summed E-state index contributed by atoms with van der Waals surface area (Å²) in [4.78, 5) is 16.7. The Morgan fingerprint density at radius 1 is 0.854 bits per heavy atom. The minimum atomic E-state index is -4.93. The Balaban J connectivity index is 1.26. The van der Waals surface area contributed by atoms with E-state index in [4.69, 9.17) is 9.47 Å². The maximum absolute atomic E-state index is 13.1. The van der Waals surface area contributed by atoms with Gasteiger partial charge < -0.3 is 19.7 Å². The number of rotatable bonds is 8. The Bertz CT molecular complexity index is 1290. The number of alkyl halides is 6. The highest BCUT2D eigenvalue weighted by molar-refractivity contribution is 5.89. The van der Waals surface area contributed by atoms with Gasteiger partial charge >= 0.3 is 18.4 Å². The number of para-hydroxylation sites is 1. The number of hydrogen-bond donors (Lipinski definition) is 1. The third-order valence-corrected chi connectivity index (χ3v) is 6.71. The first kappa shape index (κ1) is 30.0. The van der Waals surface area contributed by atoms with Crippen LogP contribution in [0.4, 0.5) is 36.8 Å². The monoisotopic (exact) mass is 581 g/mol. The van der Waals surface area contributed by atoms with Crippen LogP contribution in [0.1, 0.15) is 22.3 Å². The van der Waals surface area contributed by atoms with Gasteiger partial charge in [-0.3, -0.25) is 4.90 Å². The predicted octanol–water partition coefficient (Wildman–Crippen LogP) is 6.70. The van der Waals surface area contributed by atoms with Crippen LogP contribution in [0.3, 0.4) is 0 Å². The molecule has 3 aromatic rings. The molecule has 0 aromatic heterocycles. The summed E-state index contributed by atoms with van der Waals surface area (Å²) < 4.78 is 89.3. The van der Waals surface area contributed by atoms with Crippen molar-refractivity contribution < 1.29 is 40.6 Å². The maximum Gasteiger partial charge on any atom is 0.416 e. The number of amides is 2. The number of carbonyl (C=O) groups excluding carboxylic acids is 1. The van der Waals surface area contributed by atoms with Crippen molar-refractivity contribution in [3.8, 4) is 11.5 Å². The van der Waals surface area contributed by atoms with E-state index in [2.05, 4.69) is 10.2 Å². The molecule has 0 atom stereocenters. The van der Waals surface area contributed by atoms with Gasteiger partial charge in [-0.2, -0.15) is 26.3 Å². The van der Waals surface area contributed by atoms with Gasteiger partial charge in [-0.05, 0) is 66.1 Å². The van der Waals surface area contributed by atoms with Crippen LogP contribution >= 0.6 is 0 Å². The molecule has 1 aliphatic rings. The van der Waals surface area contributed by atoms with E-state index in [9.17, 15) is 31.1 Å². The summed E-state index contributed by atoms with van der Waals surface area (Å²) >= 11 is 0. The van der Waals surface area contributed by atoms with Crippen molar-refractivity contribution in [2.75, 3.05) is 45.2 Å². The highest BCUT2D eigenvalue weighted by atomic mass is 19.4. The molecule has 220 valence electrons. The number of halogens is 6. The quantitative estimate of drug-likeness (QED) is 0.301. The second-order valence-electron chi connectivity index (χ2n) is 9.55. The fourth-order valence-electron chi connectivity index (χ4n) is 4.47. The van der Waals surface area contributed by atoms with Crippen molar-refractivity contribution in [3.05, 3.63) is 89.0 Å². The van der Waals surface area contributed by atoms with E-state index < -0.39 is 30.1 Å². The molecule has 1 saturated heterocycles. The Labute approximate surface area is 233 Å². The average Bonchev–Trinajstić information content (AvgIpc) is 2.95. The van der Waals surface area contributed by atoms with Crippen LogP contribution in [0.5, 0.6) is 11.5 Å². The highest BCUT2D eigenvalue weighted by Crippen LogP contribution is 2.36. The third-order valence-electron chi connectivity index (χ3n) is 6.71. The Morgan fingerprint density at radius 2 is 1.46 bits per heavy atom. The molecule has 12 heteroatoms. The number of hydrogen-bond acceptors (Lipinski definition) is 4. The van der Waals surface area contributed by atoms with Gasteiger partial charge in [-0.1, -0.05) is 18.2 Å². The molecule has 1 heterocycles. The lowest BCUT2D eigenvalue weighted by Gasteiger charge is -2.34. The molecule has 4 rings (SSSR count). The smallest absolute Gasteiger partial charge is 0.416 e. The molecule has 0 bridgehead atoms. The minimum Gasteiger partial charge on any atom is -0.496 e. The van der Waals surface area contributed by atoms with Crippen LogP contribution in [0, 0.1) is 0 Å². The maximum atomic E-state index is 13.1. The lowest BCUT2D eigenvalue weighted by atomic mass is 10.1. The third kappa shape index (κ3) is 8.29. The predicted molar refractivity (Wildman–Crippen MR) is 141 cm³/mol. The molecule has 0 aliphatic carbocycles. The molecule has 0 radical (unpaired) electrons. The van der Waals surface area contributed by atoms with E-state index in [1.807, 2.05) is 24.3 Å². The van der Waals surface area contributed by atoms with Crippen molar-refractivity contribution in [1.29, 1.82) is 0 Å². The Morgan fingerprint density at radius 3 is 2.05 bits per heavy atom. The van der Waals surface area contributed by atoms with E-state index in [1.165, 1.54) is 12.1 Å². The number of anilines is 1. The molecule has 1 aliphatic heterocycles. The number of ether oxygens (including phenoxy) is 2. The van der Waals surface area contributed by atoms with Gasteiger partial charge in [0.25, 0.3) is 0 Å². The zero-order valence-electron chi connectivity index (χ0n) is 22.2. The second-order valence-corrected chi connectivity index (χ2v) is 9.55. The zero-order chi connectivity index (χ0) is 29.6. The van der Waals surface area contributed by atoms with E-state index >= 15 is 0 Å². The van der Waals surface area contributed by atoms with E-state index in [-0.39, 0.29) is 23.4 Å². The van der Waals surface area contributed by atoms with E-state index in [0.717, 1.165) is 37.4 Å². The van der Waals surface area contributed by atoms with Crippen LogP contribution in [0.25, 0.3) is 0 Å². The summed E-state index contributed by atoms with van der Waals surface area (Å²) in [7, 11) is 1.65.